The number of aromatic hydroxyl groups is 1. The van der Waals surface area contributed by atoms with Crippen molar-refractivity contribution in [1.29, 1.82) is 0 Å². The quantitative estimate of drug-likeness (QED) is 0.239. The second-order valence-electron chi connectivity index (χ2n) is 12.9. The van der Waals surface area contributed by atoms with Crippen LogP contribution in [-0.2, 0) is 23.7 Å². The molecule has 0 unspecified atom stereocenters. The molecular weight excluding hydrogens is 464 g/mol. The van der Waals surface area contributed by atoms with Gasteiger partial charge in [0.05, 0.1) is 11.7 Å². The van der Waals surface area contributed by atoms with Gasteiger partial charge in [0.25, 0.3) is 0 Å². The Morgan fingerprint density at radius 1 is 1.17 bits per heavy atom. The minimum atomic E-state index is -1.94. The zero-order chi connectivity index (χ0) is 26.5. The number of allylic oxidation sites excluding steroid dienone is 1. The first-order valence-electron chi connectivity index (χ1n) is 14.5. The normalized spacial score (nSPS) is 28.1. The number of phenolic OH excluding ortho intramolecular Hbond substituents is 1. The largest absolute Gasteiger partial charge is 0.507 e. The molecule has 4 rings (SSSR count). The van der Waals surface area contributed by atoms with Gasteiger partial charge in [0, 0.05) is 17.9 Å². The van der Waals surface area contributed by atoms with Crippen LogP contribution in [0.15, 0.2) is 18.7 Å². The van der Waals surface area contributed by atoms with Crippen LogP contribution in [0.3, 0.4) is 0 Å². The highest BCUT2D eigenvalue weighted by molar-refractivity contribution is 6.73. The maximum atomic E-state index is 11.3. The van der Waals surface area contributed by atoms with Gasteiger partial charge >= 0.3 is 0 Å². The molecule has 0 radical (unpaired) electrons. The van der Waals surface area contributed by atoms with Crippen LogP contribution in [0.2, 0.25) is 18.1 Å². The molecule has 0 amide bonds. The average molecular weight is 515 g/mol. The molecule has 1 aliphatic heterocycles. The van der Waals surface area contributed by atoms with Gasteiger partial charge in [0.1, 0.15) is 17.1 Å². The SMILES string of the molecule is C=CCc1cc(C[C@@H](O[Si](CC)(CC)CC)C(C)(C)O)c2c(c1O)CC[C@]1(CC[C@@]3(C(C)C)C[C@@H]13)O2. The molecule has 0 bridgehead atoms. The van der Waals surface area contributed by atoms with Crippen LogP contribution < -0.4 is 4.74 Å². The van der Waals surface area contributed by atoms with Crippen molar-refractivity contribution < 1.29 is 19.4 Å². The van der Waals surface area contributed by atoms with Gasteiger partial charge in [-0.2, -0.15) is 0 Å². The van der Waals surface area contributed by atoms with Crippen molar-refractivity contribution in [2.45, 2.75) is 129 Å². The maximum Gasteiger partial charge on any atom is 0.192 e. The summed E-state index contributed by atoms with van der Waals surface area (Å²) < 4.78 is 14.0. The summed E-state index contributed by atoms with van der Waals surface area (Å²) >= 11 is 0. The molecule has 0 saturated heterocycles. The topological polar surface area (TPSA) is 58.9 Å². The molecule has 1 aromatic carbocycles. The molecule has 2 aliphatic carbocycles. The lowest BCUT2D eigenvalue weighted by Crippen LogP contribution is -2.49. The summed E-state index contributed by atoms with van der Waals surface area (Å²) in [4.78, 5) is 0. The van der Waals surface area contributed by atoms with Crippen molar-refractivity contribution in [1.82, 2.24) is 0 Å². The van der Waals surface area contributed by atoms with Gasteiger partial charge in [-0.15, -0.1) is 6.58 Å². The lowest BCUT2D eigenvalue weighted by molar-refractivity contribution is -0.0398. The molecule has 1 heterocycles. The van der Waals surface area contributed by atoms with Gasteiger partial charge in [-0.05, 0) is 99.0 Å². The molecule has 1 spiro atoms. The maximum absolute atomic E-state index is 11.3. The Bertz CT molecular complexity index is 968. The van der Waals surface area contributed by atoms with Crippen molar-refractivity contribution in [2.75, 3.05) is 0 Å². The van der Waals surface area contributed by atoms with Gasteiger partial charge < -0.3 is 19.4 Å². The second kappa shape index (κ2) is 9.78. The van der Waals surface area contributed by atoms with E-state index in [1.807, 2.05) is 19.9 Å². The number of hydrogen-bond donors (Lipinski definition) is 2. The molecule has 202 valence electrons. The van der Waals surface area contributed by atoms with Crippen LogP contribution >= 0.6 is 0 Å². The van der Waals surface area contributed by atoms with E-state index in [1.165, 1.54) is 12.8 Å². The van der Waals surface area contributed by atoms with Crippen LogP contribution in [0, 0.1) is 17.3 Å². The third-order valence-corrected chi connectivity index (χ3v) is 15.1. The molecule has 2 N–H and O–H groups in total. The van der Waals surface area contributed by atoms with Crippen molar-refractivity contribution in [3.8, 4) is 11.5 Å². The molecule has 1 aromatic rings. The Kier molecular flexibility index (Phi) is 7.53. The third-order valence-electron chi connectivity index (χ3n) is 10.4. The molecule has 5 heteroatoms. The van der Waals surface area contributed by atoms with Crippen molar-refractivity contribution in [3.05, 3.63) is 35.4 Å². The average Bonchev–Trinajstić information content (AvgIpc) is 3.53. The summed E-state index contributed by atoms with van der Waals surface area (Å²) in [6.45, 7) is 19.1. The summed E-state index contributed by atoms with van der Waals surface area (Å²) in [5.74, 6) is 2.53. The minimum absolute atomic E-state index is 0.113. The van der Waals surface area contributed by atoms with E-state index >= 15 is 0 Å². The van der Waals surface area contributed by atoms with E-state index in [2.05, 4.69) is 47.3 Å². The number of fused-ring (bicyclic) bond motifs is 3. The van der Waals surface area contributed by atoms with Crippen LogP contribution in [0.4, 0.5) is 0 Å². The summed E-state index contributed by atoms with van der Waals surface area (Å²) in [5.41, 5.74) is 2.25. The Balaban J connectivity index is 1.74. The van der Waals surface area contributed by atoms with Crippen LogP contribution in [0.1, 0.15) is 90.8 Å². The fourth-order valence-corrected chi connectivity index (χ4v) is 10.4. The van der Waals surface area contributed by atoms with Crippen LogP contribution in [-0.4, -0.2) is 35.8 Å². The van der Waals surface area contributed by atoms with Crippen molar-refractivity contribution >= 4 is 8.32 Å². The lowest BCUT2D eigenvalue weighted by Gasteiger charge is -2.41. The molecule has 4 atom stereocenters. The summed E-state index contributed by atoms with van der Waals surface area (Å²) in [6, 6.07) is 5.23. The first kappa shape index (κ1) is 27.7. The minimum Gasteiger partial charge on any atom is -0.507 e. The smallest absolute Gasteiger partial charge is 0.192 e. The van der Waals surface area contributed by atoms with Gasteiger partial charge in [0.2, 0.25) is 0 Å². The highest BCUT2D eigenvalue weighted by Gasteiger charge is 2.70. The predicted molar refractivity (Wildman–Crippen MR) is 150 cm³/mol. The van der Waals surface area contributed by atoms with Gasteiger partial charge in [-0.1, -0.05) is 40.7 Å². The Hall–Kier alpha value is -1.30. The lowest BCUT2D eigenvalue weighted by atomic mass is 9.83. The van der Waals surface area contributed by atoms with E-state index in [-0.39, 0.29) is 11.7 Å². The number of phenols is 1. The van der Waals surface area contributed by atoms with E-state index in [4.69, 9.17) is 9.16 Å². The second-order valence-corrected chi connectivity index (χ2v) is 17.6. The monoisotopic (exact) mass is 514 g/mol. The number of benzene rings is 1. The predicted octanol–water partition coefficient (Wildman–Crippen LogP) is 7.34. The van der Waals surface area contributed by atoms with E-state index in [0.29, 0.717) is 35.8 Å². The first-order chi connectivity index (χ1) is 16.9. The standard InChI is InChI=1S/C31H50O4Si/c1-9-13-22-18-23(19-26(29(7,8)33)35-36(10-2,11-3)12-4)28-24(27(22)32)14-15-31(34-28)17-16-30(21(5)6)20-25(30)31/h9,18,21,25-26,32-33H,1,10-17,19-20H2,2-8H3/t25-,26-,30+,31-/m1/s1. The zero-order valence-corrected chi connectivity index (χ0v) is 24.9. The van der Waals surface area contributed by atoms with Crippen LogP contribution in [0.25, 0.3) is 0 Å². The van der Waals surface area contributed by atoms with Gasteiger partial charge in [-0.25, -0.2) is 0 Å². The van der Waals surface area contributed by atoms with Gasteiger partial charge in [-0.3, -0.25) is 0 Å². The molecule has 0 aromatic heterocycles. The van der Waals surface area contributed by atoms with E-state index in [9.17, 15) is 10.2 Å². The molecule has 2 saturated carbocycles. The first-order valence-corrected chi connectivity index (χ1v) is 17.0. The molecule has 2 fully saturated rings. The Labute approximate surface area is 220 Å². The van der Waals surface area contributed by atoms with E-state index < -0.39 is 13.9 Å². The number of rotatable bonds is 11. The number of hydrogen-bond acceptors (Lipinski definition) is 4. The van der Waals surface area contributed by atoms with Crippen molar-refractivity contribution in [2.24, 2.45) is 17.3 Å². The number of aliphatic hydroxyl groups is 1. The summed E-state index contributed by atoms with van der Waals surface area (Å²) in [6.07, 6.45) is 8.16. The van der Waals surface area contributed by atoms with E-state index in [1.54, 1.807) is 0 Å². The number of ether oxygens (including phenoxy) is 1. The van der Waals surface area contributed by atoms with Crippen LogP contribution in [0.5, 0.6) is 11.5 Å². The molecule has 3 aliphatic rings. The fraction of sp³-hybridized carbons (Fsp3) is 0.742. The Morgan fingerprint density at radius 2 is 1.83 bits per heavy atom. The molecule has 36 heavy (non-hydrogen) atoms. The fourth-order valence-electron chi connectivity index (χ4n) is 7.46. The van der Waals surface area contributed by atoms with Crippen molar-refractivity contribution in [3.63, 3.8) is 0 Å². The summed E-state index contributed by atoms with van der Waals surface area (Å²) in [5, 5.41) is 22.5. The Morgan fingerprint density at radius 3 is 2.33 bits per heavy atom. The zero-order valence-electron chi connectivity index (χ0n) is 23.9. The molecular formula is C31H50O4Si. The molecule has 4 nitrogen and oxygen atoms in total. The van der Waals surface area contributed by atoms with E-state index in [0.717, 1.165) is 59.8 Å². The highest BCUT2D eigenvalue weighted by Crippen LogP contribution is 2.73. The summed E-state index contributed by atoms with van der Waals surface area (Å²) in [7, 11) is -1.94. The third kappa shape index (κ3) is 4.58. The van der Waals surface area contributed by atoms with Gasteiger partial charge in [0.15, 0.2) is 8.32 Å². The highest BCUT2D eigenvalue weighted by atomic mass is 28.4.